The van der Waals surface area contributed by atoms with Crippen molar-refractivity contribution in [1.29, 1.82) is 5.26 Å². The van der Waals surface area contributed by atoms with Crippen molar-refractivity contribution in [1.82, 2.24) is 20.1 Å². The quantitative estimate of drug-likeness (QED) is 0.289. The van der Waals surface area contributed by atoms with E-state index in [0.29, 0.717) is 35.0 Å². The van der Waals surface area contributed by atoms with E-state index in [1.807, 2.05) is 0 Å². The number of urea groups is 1. The molecule has 2 saturated heterocycles. The molecule has 0 saturated carbocycles. The maximum absolute atomic E-state index is 15.3. The number of nitriles is 1. The minimum absolute atomic E-state index is 0.00833. The van der Waals surface area contributed by atoms with E-state index >= 15 is 4.79 Å². The van der Waals surface area contributed by atoms with Crippen LogP contribution in [0.5, 0.6) is 17.4 Å². The summed E-state index contributed by atoms with van der Waals surface area (Å²) in [6.07, 6.45) is 5.44. The molecule has 1 aromatic heterocycles. The number of nitrogens with zero attached hydrogens (tertiary/aromatic N) is 5. The van der Waals surface area contributed by atoms with Crippen molar-refractivity contribution in [3.63, 3.8) is 0 Å². The molecule has 4 heterocycles. The second kappa shape index (κ2) is 15.4. The van der Waals surface area contributed by atoms with Crippen molar-refractivity contribution in [2.45, 2.75) is 56.9 Å². The van der Waals surface area contributed by atoms with E-state index in [0.717, 1.165) is 45.3 Å². The molecule has 3 aromatic rings. The SMILES string of the molecule is CCOc1cc(OC)ccc1S(=O)(=O)N1C(=O)C(NC(=O)N2CCC(C3CCN(CC)CC3)CC2)(c2cccnc2OCC)c2cc(C#N)ccc21. The molecule has 0 aliphatic carbocycles. The average Bonchev–Trinajstić information content (AvgIpc) is 3.42. The summed E-state index contributed by atoms with van der Waals surface area (Å²) in [5, 5.41) is 13.0. The summed E-state index contributed by atoms with van der Waals surface area (Å²) < 4.78 is 47.1. The standard InChI is InChI=1S/C38H46N6O7S/c1-5-42-19-14-27(15-20-42)28-16-21-43(22-17-28)37(46)41-38(30-9-8-18-40-35(30)51-7-3)31-23-26(25-39)10-12-32(31)44(36(38)45)52(47,48)34-13-11-29(49-4)24-33(34)50-6-2/h8-13,18,23-24,27-28H,5-7,14-17,19-22H2,1-4H3,(H,41,46). The third kappa shape index (κ3) is 6.63. The van der Waals surface area contributed by atoms with E-state index in [1.54, 1.807) is 30.9 Å². The molecule has 1 N–H and O–H groups in total. The second-order valence-corrected chi connectivity index (χ2v) is 15.0. The number of anilines is 1. The van der Waals surface area contributed by atoms with E-state index in [2.05, 4.69) is 28.2 Å². The molecule has 1 atom stereocenters. The van der Waals surface area contributed by atoms with Crippen LogP contribution in [0.4, 0.5) is 10.5 Å². The number of benzene rings is 2. The maximum atomic E-state index is 15.3. The van der Waals surface area contributed by atoms with Crippen LogP contribution in [-0.4, -0.2) is 88.2 Å². The smallest absolute Gasteiger partial charge is 0.318 e. The molecule has 3 aliphatic heterocycles. The molecule has 3 amide bonds. The van der Waals surface area contributed by atoms with Crippen LogP contribution in [0.25, 0.3) is 0 Å². The normalized spacial score (nSPS) is 19.9. The van der Waals surface area contributed by atoms with Crippen LogP contribution in [-0.2, 0) is 20.4 Å². The molecule has 52 heavy (non-hydrogen) atoms. The Kier molecular flexibility index (Phi) is 10.9. The van der Waals surface area contributed by atoms with Gasteiger partial charge in [-0.3, -0.25) is 4.79 Å². The second-order valence-electron chi connectivity index (χ2n) is 13.2. The summed E-state index contributed by atoms with van der Waals surface area (Å²) in [7, 11) is -3.25. The number of pyridine rings is 1. The number of hydrogen-bond donors (Lipinski definition) is 1. The minimum atomic E-state index is -4.70. The van der Waals surface area contributed by atoms with Crippen LogP contribution < -0.4 is 23.8 Å². The first-order chi connectivity index (χ1) is 25.1. The highest BCUT2D eigenvalue weighted by Crippen LogP contribution is 2.50. The number of nitrogens with one attached hydrogen (secondary N) is 1. The molecule has 13 nitrogen and oxygen atoms in total. The lowest BCUT2D eigenvalue weighted by atomic mass is 9.79. The molecule has 2 fully saturated rings. The number of amides is 3. The van der Waals surface area contributed by atoms with Crippen LogP contribution in [0.3, 0.4) is 0 Å². The van der Waals surface area contributed by atoms with Gasteiger partial charge in [0.15, 0.2) is 5.54 Å². The van der Waals surface area contributed by atoms with Crippen molar-refractivity contribution in [3.05, 3.63) is 71.4 Å². The number of hydrogen-bond acceptors (Lipinski definition) is 10. The first-order valence-electron chi connectivity index (χ1n) is 18.0. The number of fused-ring (bicyclic) bond motifs is 1. The highest BCUT2D eigenvalue weighted by molar-refractivity contribution is 7.93. The van der Waals surface area contributed by atoms with Crippen molar-refractivity contribution in [3.8, 4) is 23.4 Å². The van der Waals surface area contributed by atoms with E-state index in [9.17, 15) is 18.5 Å². The summed E-state index contributed by atoms with van der Waals surface area (Å²) in [5.74, 6) is 0.526. The van der Waals surface area contributed by atoms with E-state index in [4.69, 9.17) is 14.2 Å². The predicted octanol–water partition coefficient (Wildman–Crippen LogP) is 4.89. The summed E-state index contributed by atoms with van der Waals surface area (Å²) in [6.45, 7) is 10.2. The Bertz CT molecular complexity index is 1950. The Morgan fingerprint density at radius 3 is 2.29 bits per heavy atom. The number of aromatic nitrogens is 1. The maximum Gasteiger partial charge on any atom is 0.318 e. The molecule has 1 unspecified atom stereocenters. The Morgan fingerprint density at radius 2 is 1.65 bits per heavy atom. The van der Waals surface area contributed by atoms with Gasteiger partial charge < -0.3 is 29.3 Å². The van der Waals surface area contributed by atoms with Gasteiger partial charge in [-0.2, -0.15) is 9.57 Å². The lowest BCUT2D eigenvalue weighted by Gasteiger charge is -2.41. The van der Waals surface area contributed by atoms with Crippen LogP contribution in [0.1, 0.15) is 63.1 Å². The monoisotopic (exact) mass is 730 g/mol. The highest BCUT2D eigenvalue weighted by Gasteiger charge is 2.59. The van der Waals surface area contributed by atoms with Gasteiger partial charge in [0, 0.05) is 30.9 Å². The minimum Gasteiger partial charge on any atom is -0.497 e. The fourth-order valence-corrected chi connectivity index (χ4v) is 9.41. The van der Waals surface area contributed by atoms with Gasteiger partial charge in [-0.05, 0) is 113 Å². The van der Waals surface area contributed by atoms with Crippen molar-refractivity contribution in [2.24, 2.45) is 11.8 Å². The fourth-order valence-electron chi connectivity index (χ4n) is 7.82. The van der Waals surface area contributed by atoms with Crippen molar-refractivity contribution >= 4 is 27.6 Å². The van der Waals surface area contributed by atoms with E-state index < -0.39 is 27.5 Å². The summed E-state index contributed by atoms with van der Waals surface area (Å²) in [5.41, 5.74) is -1.74. The fraction of sp³-hybridized carbons (Fsp3) is 0.474. The molecule has 2 aromatic carbocycles. The highest BCUT2D eigenvalue weighted by atomic mass is 32.2. The molecule has 0 radical (unpaired) electrons. The Hall–Kier alpha value is -4.87. The van der Waals surface area contributed by atoms with E-state index in [-0.39, 0.29) is 52.1 Å². The lowest BCUT2D eigenvalue weighted by Crippen LogP contribution is -2.58. The van der Waals surface area contributed by atoms with Gasteiger partial charge >= 0.3 is 6.03 Å². The lowest BCUT2D eigenvalue weighted by molar-refractivity contribution is -0.121. The van der Waals surface area contributed by atoms with Gasteiger partial charge in [0.2, 0.25) is 5.88 Å². The molecular weight excluding hydrogens is 685 g/mol. The first kappa shape index (κ1) is 36.9. The number of carbonyl (C=O) groups excluding carboxylic acids is 2. The number of rotatable bonds is 11. The molecule has 0 spiro atoms. The number of carbonyl (C=O) groups is 2. The van der Waals surface area contributed by atoms with Gasteiger partial charge in [0.05, 0.1) is 43.2 Å². The summed E-state index contributed by atoms with van der Waals surface area (Å²) in [4.78, 5) is 38.0. The predicted molar refractivity (Wildman–Crippen MR) is 194 cm³/mol. The third-order valence-electron chi connectivity index (χ3n) is 10.5. The van der Waals surface area contributed by atoms with Gasteiger partial charge in [0.1, 0.15) is 16.4 Å². The number of ether oxygens (including phenoxy) is 3. The molecule has 276 valence electrons. The van der Waals surface area contributed by atoms with Crippen LogP contribution in [0, 0.1) is 23.2 Å². The van der Waals surface area contributed by atoms with Gasteiger partial charge in [-0.15, -0.1) is 0 Å². The number of likely N-dealkylation sites (tertiary alicyclic amines) is 2. The average molecular weight is 731 g/mol. The Labute approximate surface area is 305 Å². The largest absolute Gasteiger partial charge is 0.497 e. The third-order valence-corrected chi connectivity index (χ3v) is 12.3. The van der Waals surface area contributed by atoms with Crippen LogP contribution in [0.15, 0.2) is 59.6 Å². The van der Waals surface area contributed by atoms with Crippen molar-refractivity contribution < 1.29 is 32.2 Å². The zero-order chi connectivity index (χ0) is 37.0. The van der Waals surface area contributed by atoms with Gasteiger partial charge in [0.25, 0.3) is 15.9 Å². The number of piperidine rings is 2. The Morgan fingerprint density at radius 1 is 0.962 bits per heavy atom. The molecule has 6 rings (SSSR count). The molecule has 0 bridgehead atoms. The van der Waals surface area contributed by atoms with Crippen molar-refractivity contribution in [2.75, 3.05) is 57.4 Å². The van der Waals surface area contributed by atoms with Gasteiger partial charge in [-0.1, -0.05) is 6.92 Å². The number of sulfonamides is 1. The zero-order valence-electron chi connectivity index (χ0n) is 30.1. The zero-order valence-corrected chi connectivity index (χ0v) is 30.9. The van der Waals surface area contributed by atoms with Crippen LogP contribution in [0.2, 0.25) is 0 Å². The molecule has 14 heteroatoms. The number of methoxy groups -OCH3 is 1. The molecule has 3 aliphatic rings. The van der Waals surface area contributed by atoms with E-state index in [1.165, 1.54) is 49.7 Å². The molecular formula is C38H46N6O7S. The topological polar surface area (TPSA) is 154 Å². The van der Waals surface area contributed by atoms with Gasteiger partial charge in [-0.25, -0.2) is 18.2 Å². The summed E-state index contributed by atoms with van der Waals surface area (Å²) >= 11 is 0. The summed E-state index contributed by atoms with van der Waals surface area (Å²) in [6, 6.07) is 13.3. The van der Waals surface area contributed by atoms with Crippen LogP contribution >= 0.6 is 0 Å². The first-order valence-corrected chi connectivity index (χ1v) is 19.4. The Balaban J connectivity index is 1.43.